The average Bonchev–Trinajstić information content (AvgIpc) is 2.37. The van der Waals surface area contributed by atoms with E-state index in [1.54, 1.807) is 24.3 Å². The van der Waals surface area contributed by atoms with Crippen LogP contribution in [-0.2, 0) is 6.54 Å². The van der Waals surface area contributed by atoms with Gasteiger partial charge in [0.2, 0.25) is 0 Å². The third-order valence-corrected chi connectivity index (χ3v) is 2.78. The summed E-state index contributed by atoms with van der Waals surface area (Å²) in [5.74, 6) is -1.29. The lowest BCUT2D eigenvalue weighted by molar-refractivity contribution is 0.0698. The average molecular weight is 259 g/mol. The van der Waals surface area contributed by atoms with E-state index in [2.05, 4.69) is 5.32 Å². The van der Waals surface area contributed by atoms with Gasteiger partial charge in [-0.05, 0) is 36.8 Å². The molecule has 19 heavy (non-hydrogen) atoms. The molecule has 0 amide bonds. The fourth-order valence-corrected chi connectivity index (χ4v) is 1.83. The monoisotopic (exact) mass is 259 g/mol. The van der Waals surface area contributed by atoms with Crippen molar-refractivity contribution in [3.05, 3.63) is 65.0 Å². The second-order valence-corrected chi connectivity index (χ2v) is 4.34. The first-order valence-corrected chi connectivity index (χ1v) is 5.88. The molecule has 0 aliphatic rings. The van der Waals surface area contributed by atoms with Crippen LogP contribution in [0.2, 0.25) is 0 Å². The highest BCUT2D eigenvalue weighted by atomic mass is 19.1. The summed E-state index contributed by atoms with van der Waals surface area (Å²) in [6, 6.07) is 11.4. The molecule has 0 unspecified atom stereocenters. The molecule has 2 aromatic rings. The number of benzene rings is 2. The zero-order valence-corrected chi connectivity index (χ0v) is 10.5. The van der Waals surface area contributed by atoms with Gasteiger partial charge in [0.25, 0.3) is 0 Å². The van der Waals surface area contributed by atoms with Gasteiger partial charge in [-0.3, -0.25) is 0 Å². The van der Waals surface area contributed by atoms with E-state index in [0.29, 0.717) is 12.2 Å². The van der Waals surface area contributed by atoms with E-state index in [1.807, 2.05) is 13.0 Å². The summed E-state index contributed by atoms with van der Waals surface area (Å²) in [6.07, 6.45) is 0. The number of nitrogens with one attached hydrogen (secondary N) is 1. The topological polar surface area (TPSA) is 49.3 Å². The van der Waals surface area contributed by atoms with Gasteiger partial charge in [0, 0.05) is 12.2 Å². The van der Waals surface area contributed by atoms with Crippen LogP contribution < -0.4 is 5.32 Å². The van der Waals surface area contributed by atoms with Gasteiger partial charge in [-0.1, -0.05) is 23.8 Å². The molecule has 0 saturated heterocycles. The molecule has 0 aromatic heterocycles. The Kier molecular flexibility index (Phi) is 3.80. The first kappa shape index (κ1) is 13.1. The zero-order chi connectivity index (χ0) is 13.8. The molecule has 2 N–H and O–H groups in total. The maximum absolute atomic E-state index is 13.0. The normalized spacial score (nSPS) is 10.2. The molecule has 4 heteroatoms. The molecule has 0 radical (unpaired) electrons. The van der Waals surface area contributed by atoms with Gasteiger partial charge in [-0.25, -0.2) is 9.18 Å². The highest BCUT2D eigenvalue weighted by molar-refractivity contribution is 5.94. The van der Waals surface area contributed by atoms with Crippen molar-refractivity contribution < 1.29 is 14.3 Å². The molecule has 98 valence electrons. The van der Waals surface area contributed by atoms with Crippen LogP contribution in [0.5, 0.6) is 0 Å². The zero-order valence-electron chi connectivity index (χ0n) is 10.5. The van der Waals surface area contributed by atoms with Gasteiger partial charge >= 0.3 is 5.97 Å². The lowest BCUT2D eigenvalue weighted by Gasteiger charge is -2.10. The Morgan fingerprint density at radius 3 is 2.74 bits per heavy atom. The van der Waals surface area contributed by atoms with Crippen molar-refractivity contribution in [3.8, 4) is 0 Å². The number of hydrogen-bond acceptors (Lipinski definition) is 2. The molecule has 0 bridgehead atoms. The Balaban J connectivity index is 2.17. The van der Waals surface area contributed by atoms with Gasteiger partial charge in [0.1, 0.15) is 5.82 Å². The van der Waals surface area contributed by atoms with Crippen LogP contribution >= 0.6 is 0 Å². The highest BCUT2D eigenvalue weighted by Crippen LogP contribution is 2.18. The quantitative estimate of drug-likeness (QED) is 0.884. The van der Waals surface area contributed by atoms with Gasteiger partial charge in [-0.15, -0.1) is 0 Å². The third kappa shape index (κ3) is 3.31. The van der Waals surface area contributed by atoms with E-state index in [1.165, 1.54) is 12.1 Å². The molecule has 0 fully saturated rings. The number of anilines is 1. The van der Waals surface area contributed by atoms with Crippen LogP contribution in [0.3, 0.4) is 0 Å². The largest absolute Gasteiger partial charge is 0.478 e. The van der Waals surface area contributed by atoms with Crippen molar-refractivity contribution >= 4 is 11.7 Å². The summed E-state index contributed by atoms with van der Waals surface area (Å²) < 4.78 is 13.0. The van der Waals surface area contributed by atoms with E-state index >= 15 is 0 Å². The predicted molar refractivity (Wildman–Crippen MR) is 71.9 cm³/mol. The Bertz CT molecular complexity index is 611. The second kappa shape index (κ2) is 5.52. The van der Waals surface area contributed by atoms with E-state index in [0.717, 1.165) is 11.1 Å². The summed E-state index contributed by atoms with van der Waals surface area (Å²) in [4.78, 5) is 11.1. The van der Waals surface area contributed by atoms with Crippen LogP contribution in [0.4, 0.5) is 10.1 Å². The lowest BCUT2D eigenvalue weighted by Crippen LogP contribution is -2.06. The third-order valence-electron chi connectivity index (χ3n) is 2.78. The van der Waals surface area contributed by atoms with E-state index < -0.39 is 5.97 Å². The van der Waals surface area contributed by atoms with E-state index in [-0.39, 0.29) is 11.4 Å². The van der Waals surface area contributed by atoms with Crippen LogP contribution in [0.15, 0.2) is 42.5 Å². The summed E-state index contributed by atoms with van der Waals surface area (Å²) in [6.45, 7) is 2.21. The molecule has 2 aromatic carbocycles. The molecular formula is C15H14FNO2. The van der Waals surface area contributed by atoms with Gasteiger partial charge in [-0.2, -0.15) is 0 Å². The van der Waals surface area contributed by atoms with E-state index in [9.17, 15) is 9.18 Å². The fourth-order valence-electron chi connectivity index (χ4n) is 1.83. The van der Waals surface area contributed by atoms with Crippen molar-refractivity contribution in [1.29, 1.82) is 0 Å². The molecule has 3 nitrogen and oxygen atoms in total. The summed E-state index contributed by atoms with van der Waals surface area (Å²) in [7, 11) is 0. The minimum atomic E-state index is -0.981. The number of carbonyl (C=O) groups is 1. The van der Waals surface area contributed by atoms with Crippen LogP contribution in [0.1, 0.15) is 21.5 Å². The first-order chi connectivity index (χ1) is 9.06. The van der Waals surface area contributed by atoms with Crippen LogP contribution in [0.25, 0.3) is 0 Å². The van der Waals surface area contributed by atoms with E-state index in [4.69, 9.17) is 5.11 Å². The van der Waals surface area contributed by atoms with Gasteiger partial charge in [0.05, 0.1) is 5.56 Å². The molecule has 2 rings (SSSR count). The number of halogens is 1. The molecule has 0 spiro atoms. The van der Waals surface area contributed by atoms with Gasteiger partial charge in [0.15, 0.2) is 0 Å². The van der Waals surface area contributed by atoms with Crippen molar-refractivity contribution in [3.63, 3.8) is 0 Å². The predicted octanol–water partition coefficient (Wildman–Crippen LogP) is 3.44. The molecule has 0 aliphatic carbocycles. The second-order valence-electron chi connectivity index (χ2n) is 4.34. The molecule has 0 saturated carbocycles. The highest BCUT2D eigenvalue weighted by Gasteiger charge is 2.09. The fraction of sp³-hybridized carbons (Fsp3) is 0.133. The molecule has 0 heterocycles. The minimum absolute atomic E-state index is 0.219. The number of aromatic carboxylic acids is 1. The number of hydrogen-bond donors (Lipinski definition) is 2. The number of aryl methyl sites for hydroxylation is 1. The summed E-state index contributed by atoms with van der Waals surface area (Å²) in [5.41, 5.74) is 2.39. The molecule has 0 aliphatic heterocycles. The lowest BCUT2D eigenvalue weighted by atomic mass is 10.1. The Labute approximate surface area is 110 Å². The van der Waals surface area contributed by atoms with Crippen molar-refractivity contribution in [1.82, 2.24) is 0 Å². The van der Waals surface area contributed by atoms with Gasteiger partial charge < -0.3 is 10.4 Å². The number of carboxylic acid groups (broad SMARTS) is 1. The Morgan fingerprint density at radius 1 is 1.26 bits per heavy atom. The molecular weight excluding hydrogens is 245 g/mol. The Morgan fingerprint density at radius 2 is 2.05 bits per heavy atom. The maximum Gasteiger partial charge on any atom is 0.337 e. The van der Waals surface area contributed by atoms with Crippen molar-refractivity contribution in [2.45, 2.75) is 13.5 Å². The Hall–Kier alpha value is -2.36. The standard InChI is InChI=1S/C15H14FNO2/c1-10-5-6-14(13(7-10)15(18)19)17-9-11-3-2-4-12(16)8-11/h2-8,17H,9H2,1H3,(H,18,19). The molecule has 0 atom stereocenters. The maximum atomic E-state index is 13.0. The smallest absolute Gasteiger partial charge is 0.337 e. The first-order valence-electron chi connectivity index (χ1n) is 5.88. The SMILES string of the molecule is Cc1ccc(NCc2cccc(F)c2)c(C(=O)O)c1. The number of carboxylic acids is 1. The van der Waals surface area contributed by atoms with Crippen LogP contribution in [0, 0.1) is 12.7 Å². The summed E-state index contributed by atoms with van der Waals surface area (Å²) in [5, 5.41) is 12.1. The number of rotatable bonds is 4. The van der Waals surface area contributed by atoms with Crippen molar-refractivity contribution in [2.75, 3.05) is 5.32 Å². The summed E-state index contributed by atoms with van der Waals surface area (Å²) >= 11 is 0. The van der Waals surface area contributed by atoms with Crippen LogP contribution in [-0.4, -0.2) is 11.1 Å². The van der Waals surface area contributed by atoms with Crippen molar-refractivity contribution in [2.24, 2.45) is 0 Å². The minimum Gasteiger partial charge on any atom is -0.478 e.